The first-order chi connectivity index (χ1) is 14.1. The van der Waals surface area contributed by atoms with Gasteiger partial charge in [-0.15, -0.1) is 0 Å². The lowest BCUT2D eigenvalue weighted by Gasteiger charge is -2.13. The van der Waals surface area contributed by atoms with Crippen LogP contribution in [0.5, 0.6) is 0 Å². The third-order valence-corrected chi connectivity index (χ3v) is 4.73. The lowest BCUT2D eigenvalue weighted by atomic mass is 10.1. The molecule has 6 heteroatoms. The van der Waals surface area contributed by atoms with Crippen molar-refractivity contribution in [3.8, 4) is 0 Å². The number of carbonyl (C=O) groups is 1. The Hall–Kier alpha value is -3.80. The van der Waals surface area contributed by atoms with Gasteiger partial charge in [-0.25, -0.2) is 4.98 Å². The molecular weight excluding hydrogens is 364 g/mol. The van der Waals surface area contributed by atoms with Crippen LogP contribution >= 0.6 is 0 Å². The van der Waals surface area contributed by atoms with Crippen LogP contribution in [-0.4, -0.2) is 20.4 Å². The minimum atomic E-state index is -0.415. The number of nitrogens with zero attached hydrogens (tertiary/aromatic N) is 3. The highest BCUT2D eigenvalue weighted by Gasteiger charge is 2.16. The Labute approximate surface area is 167 Å². The van der Waals surface area contributed by atoms with Gasteiger partial charge >= 0.3 is 0 Å². The van der Waals surface area contributed by atoms with Gasteiger partial charge in [0.05, 0.1) is 6.54 Å². The Balaban J connectivity index is 1.71. The first-order valence-electron chi connectivity index (χ1n) is 9.33. The van der Waals surface area contributed by atoms with Crippen LogP contribution in [0.15, 0.2) is 78.0 Å². The van der Waals surface area contributed by atoms with Gasteiger partial charge in [0.1, 0.15) is 11.2 Å². The summed E-state index contributed by atoms with van der Waals surface area (Å²) in [6.07, 6.45) is 5.00. The van der Waals surface area contributed by atoms with Crippen molar-refractivity contribution in [2.45, 2.75) is 20.0 Å². The van der Waals surface area contributed by atoms with E-state index < -0.39 is 5.91 Å². The summed E-state index contributed by atoms with van der Waals surface area (Å²) in [5.41, 5.74) is 3.28. The minimum absolute atomic E-state index is 0.0986. The van der Waals surface area contributed by atoms with Crippen LogP contribution in [-0.2, 0) is 13.1 Å². The predicted octanol–water partition coefficient (Wildman–Crippen LogP) is 3.08. The van der Waals surface area contributed by atoms with Gasteiger partial charge in [0.25, 0.3) is 11.5 Å². The molecule has 6 nitrogen and oxygen atoms in total. The Morgan fingerprint density at radius 3 is 2.59 bits per heavy atom. The van der Waals surface area contributed by atoms with Crippen LogP contribution in [0.4, 0.5) is 0 Å². The van der Waals surface area contributed by atoms with Crippen LogP contribution in [0.25, 0.3) is 11.0 Å². The topological polar surface area (TPSA) is 76.9 Å². The molecule has 0 aliphatic heterocycles. The molecule has 1 N–H and O–H groups in total. The molecule has 0 aliphatic rings. The second-order valence-corrected chi connectivity index (χ2v) is 6.90. The number of pyridine rings is 3. The van der Waals surface area contributed by atoms with Crippen molar-refractivity contribution in [2.75, 3.05) is 0 Å². The summed E-state index contributed by atoms with van der Waals surface area (Å²) in [6.45, 7) is 2.66. The van der Waals surface area contributed by atoms with E-state index in [1.165, 1.54) is 0 Å². The van der Waals surface area contributed by atoms with Crippen molar-refractivity contribution in [3.63, 3.8) is 0 Å². The Bertz CT molecular complexity index is 1220. The quantitative estimate of drug-likeness (QED) is 0.574. The van der Waals surface area contributed by atoms with Crippen molar-refractivity contribution in [2.24, 2.45) is 0 Å². The summed E-state index contributed by atoms with van der Waals surface area (Å²) in [7, 11) is 0. The standard InChI is InChI=1S/C23H20N4O2/c1-16-6-8-17(9-7-16)15-27-21-19(5-3-11-25-21)12-20(23(27)29)22(28)26-14-18-4-2-10-24-13-18/h2-13H,14-15H2,1H3,(H,26,28). The Kier molecular flexibility index (Phi) is 5.16. The number of aromatic nitrogens is 3. The molecule has 4 rings (SSSR count). The van der Waals surface area contributed by atoms with Gasteiger partial charge in [0.15, 0.2) is 0 Å². The highest BCUT2D eigenvalue weighted by molar-refractivity contribution is 5.96. The summed E-state index contributed by atoms with van der Waals surface area (Å²) in [4.78, 5) is 34.3. The normalized spacial score (nSPS) is 10.8. The van der Waals surface area contributed by atoms with Crippen LogP contribution in [0, 0.1) is 6.92 Å². The largest absolute Gasteiger partial charge is 0.348 e. The van der Waals surface area contributed by atoms with E-state index in [0.717, 1.165) is 22.1 Å². The lowest BCUT2D eigenvalue weighted by Crippen LogP contribution is -2.33. The molecule has 0 aliphatic carbocycles. The molecule has 0 saturated heterocycles. The van der Waals surface area contributed by atoms with Gasteiger partial charge in [-0.1, -0.05) is 35.9 Å². The monoisotopic (exact) mass is 384 g/mol. The minimum Gasteiger partial charge on any atom is -0.348 e. The zero-order chi connectivity index (χ0) is 20.2. The van der Waals surface area contributed by atoms with E-state index in [1.54, 1.807) is 41.4 Å². The van der Waals surface area contributed by atoms with Gasteiger partial charge in [0.2, 0.25) is 0 Å². The molecule has 0 saturated carbocycles. The smallest absolute Gasteiger partial charge is 0.265 e. The van der Waals surface area contributed by atoms with Crippen LogP contribution in [0.2, 0.25) is 0 Å². The number of aryl methyl sites for hydroxylation is 1. The molecule has 29 heavy (non-hydrogen) atoms. The number of fused-ring (bicyclic) bond motifs is 1. The predicted molar refractivity (Wildman–Crippen MR) is 112 cm³/mol. The molecule has 3 aromatic heterocycles. The Morgan fingerprint density at radius 1 is 1.03 bits per heavy atom. The molecule has 0 atom stereocenters. The molecule has 0 spiro atoms. The second-order valence-electron chi connectivity index (χ2n) is 6.90. The maximum Gasteiger partial charge on any atom is 0.265 e. The number of hydrogen-bond donors (Lipinski definition) is 1. The number of amides is 1. The average Bonchev–Trinajstić information content (AvgIpc) is 2.76. The molecule has 0 radical (unpaired) electrons. The fourth-order valence-electron chi connectivity index (χ4n) is 3.17. The second kappa shape index (κ2) is 8.06. The van der Waals surface area contributed by atoms with Gasteiger partial charge in [-0.2, -0.15) is 0 Å². The molecular formula is C23H20N4O2. The molecule has 1 aromatic carbocycles. The average molecular weight is 384 g/mol. The van der Waals surface area contributed by atoms with E-state index in [4.69, 9.17) is 0 Å². The summed E-state index contributed by atoms with van der Waals surface area (Å²) in [5.74, 6) is -0.415. The fourth-order valence-corrected chi connectivity index (χ4v) is 3.17. The van der Waals surface area contributed by atoms with Crippen molar-refractivity contribution >= 4 is 16.9 Å². The van der Waals surface area contributed by atoms with Crippen molar-refractivity contribution in [1.82, 2.24) is 19.9 Å². The summed E-state index contributed by atoms with van der Waals surface area (Å²) in [6, 6.07) is 16.9. The highest BCUT2D eigenvalue weighted by atomic mass is 16.2. The lowest BCUT2D eigenvalue weighted by molar-refractivity contribution is 0.0949. The van der Waals surface area contributed by atoms with Gasteiger partial charge in [0, 0.05) is 30.5 Å². The third-order valence-electron chi connectivity index (χ3n) is 4.73. The van der Waals surface area contributed by atoms with E-state index in [9.17, 15) is 9.59 Å². The number of rotatable bonds is 5. The van der Waals surface area contributed by atoms with Crippen LogP contribution in [0.3, 0.4) is 0 Å². The van der Waals surface area contributed by atoms with Crippen LogP contribution in [0.1, 0.15) is 27.0 Å². The first-order valence-corrected chi connectivity index (χ1v) is 9.33. The maximum atomic E-state index is 13.2. The van der Waals surface area contributed by atoms with Crippen molar-refractivity contribution in [3.05, 3.63) is 106 Å². The summed E-state index contributed by atoms with van der Waals surface area (Å²) in [5, 5.41) is 3.55. The van der Waals surface area contributed by atoms with Gasteiger partial charge in [-0.05, 0) is 42.3 Å². The summed E-state index contributed by atoms with van der Waals surface area (Å²) < 4.78 is 1.55. The molecule has 0 fully saturated rings. The van der Waals surface area contributed by atoms with Gasteiger partial charge < -0.3 is 5.32 Å². The zero-order valence-corrected chi connectivity index (χ0v) is 16.0. The number of carbonyl (C=O) groups excluding carboxylic acids is 1. The SMILES string of the molecule is Cc1ccc(Cn2c(=O)c(C(=O)NCc3cccnc3)cc3cccnc32)cc1. The molecule has 0 unspecified atom stereocenters. The number of hydrogen-bond acceptors (Lipinski definition) is 4. The van der Waals surface area contributed by atoms with Crippen LogP contribution < -0.4 is 10.9 Å². The van der Waals surface area contributed by atoms with Crippen molar-refractivity contribution < 1.29 is 4.79 Å². The summed E-state index contributed by atoms with van der Waals surface area (Å²) >= 11 is 0. The van der Waals surface area contributed by atoms with E-state index in [2.05, 4.69) is 15.3 Å². The molecule has 144 valence electrons. The number of benzene rings is 1. The Morgan fingerprint density at radius 2 is 1.83 bits per heavy atom. The van der Waals surface area contributed by atoms with E-state index in [1.807, 2.05) is 43.3 Å². The maximum absolute atomic E-state index is 13.2. The number of nitrogens with one attached hydrogen (secondary N) is 1. The zero-order valence-electron chi connectivity index (χ0n) is 16.0. The third kappa shape index (κ3) is 4.06. The fraction of sp³-hybridized carbons (Fsp3) is 0.130. The molecule has 1 amide bonds. The molecule has 4 aromatic rings. The first kappa shape index (κ1) is 18.6. The van der Waals surface area contributed by atoms with E-state index in [-0.39, 0.29) is 11.1 Å². The van der Waals surface area contributed by atoms with E-state index in [0.29, 0.717) is 18.7 Å². The van der Waals surface area contributed by atoms with E-state index >= 15 is 0 Å². The highest BCUT2D eigenvalue weighted by Crippen LogP contribution is 2.13. The van der Waals surface area contributed by atoms with Crippen molar-refractivity contribution in [1.29, 1.82) is 0 Å². The molecule has 3 heterocycles. The molecule has 0 bridgehead atoms. The van der Waals surface area contributed by atoms with Gasteiger partial charge in [-0.3, -0.25) is 19.1 Å².